The summed E-state index contributed by atoms with van der Waals surface area (Å²) in [6.45, 7) is 0. The minimum Gasteiger partial charge on any atom is -0.308 e. The summed E-state index contributed by atoms with van der Waals surface area (Å²) in [5.74, 6) is 0.674. The summed E-state index contributed by atoms with van der Waals surface area (Å²) >= 11 is 1.87. The molecule has 244 valence electrons. The highest BCUT2D eigenvalue weighted by atomic mass is 32.1. The van der Waals surface area contributed by atoms with Crippen molar-refractivity contribution < 1.29 is 0 Å². The first-order chi connectivity index (χ1) is 26.3. The van der Waals surface area contributed by atoms with Gasteiger partial charge in [0.1, 0.15) is 0 Å². The Morgan fingerprint density at radius 1 is 0.415 bits per heavy atom. The lowest BCUT2D eigenvalue weighted by Crippen LogP contribution is -2.04. The lowest BCUT2D eigenvalue weighted by atomic mass is 9.99. The van der Waals surface area contributed by atoms with Crippen molar-refractivity contribution in [2.75, 3.05) is 0 Å². The number of para-hydroxylation sites is 2. The summed E-state index contributed by atoms with van der Waals surface area (Å²) in [4.78, 5) is 11.0. The average molecular weight is 691 g/mol. The van der Waals surface area contributed by atoms with Gasteiger partial charge in [-0.25, -0.2) is 9.97 Å². The van der Waals surface area contributed by atoms with E-state index in [-0.39, 0.29) is 0 Å². The van der Waals surface area contributed by atoms with E-state index >= 15 is 0 Å². The predicted octanol–water partition coefficient (Wildman–Crippen LogP) is 13.1. The van der Waals surface area contributed by atoms with Gasteiger partial charge in [0.15, 0.2) is 0 Å². The maximum Gasteiger partial charge on any atom is 0.235 e. The molecule has 5 aromatic heterocycles. The highest BCUT2D eigenvalue weighted by molar-refractivity contribution is 7.26. The van der Waals surface area contributed by atoms with E-state index in [1.807, 2.05) is 11.3 Å². The number of hydrogen-bond donors (Lipinski definition) is 0. The molecule has 53 heavy (non-hydrogen) atoms. The van der Waals surface area contributed by atoms with Gasteiger partial charge in [-0.15, -0.1) is 11.3 Å². The molecule has 0 atom stereocenters. The van der Waals surface area contributed by atoms with Gasteiger partial charge >= 0.3 is 0 Å². The van der Waals surface area contributed by atoms with Gasteiger partial charge in [0.05, 0.1) is 38.8 Å². The van der Waals surface area contributed by atoms with E-state index in [2.05, 4.69) is 167 Å². The smallest absolute Gasteiger partial charge is 0.235 e. The zero-order chi connectivity index (χ0) is 34.4. The molecular weight excluding hydrogens is 665 g/mol. The summed E-state index contributed by atoms with van der Waals surface area (Å²) < 4.78 is 7.40. The Balaban J connectivity index is 1.32. The molecule has 0 aliphatic carbocycles. The molecule has 0 fully saturated rings. The molecule has 5 heteroatoms. The van der Waals surface area contributed by atoms with Gasteiger partial charge in [0.25, 0.3) is 0 Å². The lowest BCUT2D eigenvalue weighted by Gasteiger charge is -2.13. The molecule has 0 spiro atoms. The molecule has 0 aliphatic heterocycles. The Kier molecular flexibility index (Phi) is 5.22. The van der Waals surface area contributed by atoms with Crippen molar-refractivity contribution in [2.45, 2.75) is 0 Å². The number of benzene rings is 8. The standard InChI is InChI=1S/C48H26N4S/c1-2-13-28(14-3-1)45-34-25-24-27-12-4-5-15-29(27)46(34)50-48(49-45)52-37-22-11-21-36-43(37)44-38(52)26-40-41(32-17-7-9-23-39(32)53-40)42(44)33-19-10-18-31-30-16-6-8-20-35(30)51(36)47(31)33/h1-26H. The molecule has 13 aromatic rings. The van der Waals surface area contributed by atoms with Crippen LogP contribution in [-0.4, -0.2) is 18.9 Å². The summed E-state index contributed by atoms with van der Waals surface area (Å²) in [5.41, 5.74) is 8.82. The first-order valence-electron chi connectivity index (χ1n) is 18.0. The Morgan fingerprint density at radius 3 is 2.06 bits per heavy atom. The van der Waals surface area contributed by atoms with Crippen LogP contribution in [0, 0.1) is 0 Å². The zero-order valence-corrected chi connectivity index (χ0v) is 29.0. The van der Waals surface area contributed by atoms with Crippen molar-refractivity contribution in [1.29, 1.82) is 0 Å². The molecule has 0 unspecified atom stereocenters. The fraction of sp³-hybridized carbons (Fsp3) is 0. The maximum atomic E-state index is 5.53. The molecule has 0 N–H and O–H groups in total. The van der Waals surface area contributed by atoms with Gasteiger partial charge < -0.3 is 4.40 Å². The molecule has 0 saturated carbocycles. The van der Waals surface area contributed by atoms with E-state index in [1.165, 1.54) is 69.0 Å². The third kappa shape index (κ3) is 3.50. The van der Waals surface area contributed by atoms with E-state index in [4.69, 9.17) is 9.97 Å². The first-order valence-corrected chi connectivity index (χ1v) is 18.8. The second-order valence-corrected chi connectivity index (χ2v) is 15.2. The molecule has 4 nitrogen and oxygen atoms in total. The van der Waals surface area contributed by atoms with Gasteiger partial charge in [-0.3, -0.25) is 4.57 Å². The Bertz CT molecular complexity index is 3680. The second kappa shape index (κ2) is 9.94. The summed E-state index contributed by atoms with van der Waals surface area (Å²) in [6.07, 6.45) is 0. The van der Waals surface area contributed by atoms with Crippen molar-refractivity contribution >= 4 is 113 Å². The van der Waals surface area contributed by atoms with Gasteiger partial charge in [0.2, 0.25) is 5.95 Å². The van der Waals surface area contributed by atoms with Crippen LogP contribution in [0.3, 0.4) is 0 Å². The highest BCUT2D eigenvalue weighted by Gasteiger charge is 2.26. The van der Waals surface area contributed by atoms with Crippen LogP contribution in [0.2, 0.25) is 0 Å². The van der Waals surface area contributed by atoms with Crippen molar-refractivity contribution in [1.82, 2.24) is 18.9 Å². The minimum absolute atomic E-state index is 0.674. The van der Waals surface area contributed by atoms with Crippen LogP contribution in [0.25, 0.3) is 119 Å². The summed E-state index contributed by atoms with van der Waals surface area (Å²) in [6, 6.07) is 57.2. The second-order valence-electron chi connectivity index (χ2n) is 14.1. The molecule has 0 saturated heterocycles. The molecule has 0 amide bonds. The van der Waals surface area contributed by atoms with Crippen LogP contribution in [0.1, 0.15) is 0 Å². The number of nitrogens with zero attached hydrogens (tertiary/aromatic N) is 4. The normalized spacial score (nSPS) is 12.5. The summed E-state index contributed by atoms with van der Waals surface area (Å²) in [5, 5.41) is 13.5. The van der Waals surface area contributed by atoms with E-state index < -0.39 is 0 Å². The van der Waals surface area contributed by atoms with Crippen molar-refractivity contribution in [3.63, 3.8) is 0 Å². The third-order valence-corrected chi connectivity index (χ3v) is 12.5. The minimum atomic E-state index is 0.674. The average Bonchev–Trinajstić information content (AvgIpc) is 3.84. The van der Waals surface area contributed by atoms with Crippen molar-refractivity contribution in [3.05, 3.63) is 158 Å². The van der Waals surface area contributed by atoms with Gasteiger partial charge in [-0.05, 0) is 41.8 Å². The Labute approximate surface area is 305 Å². The number of rotatable bonds is 2. The van der Waals surface area contributed by atoms with E-state index in [0.717, 1.165) is 44.0 Å². The SMILES string of the molecule is c1ccc(-c2nc(-n3c4cc5sc6ccccc6c5c5c6cccc7c8ccccc8n(c8cccc3c8c54)c76)nc3c2ccc2ccccc23)cc1. The number of thiophene rings is 1. The van der Waals surface area contributed by atoms with Crippen LogP contribution in [0.15, 0.2) is 158 Å². The molecule has 5 heterocycles. The Morgan fingerprint density at radius 2 is 1.13 bits per heavy atom. The first kappa shape index (κ1) is 27.8. The molecule has 13 rings (SSSR count). The van der Waals surface area contributed by atoms with Crippen LogP contribution < -0.4 is 0 Å². The molecule has 8 aromatic carbocycles. The van der Waals surface area contributed by atoms with Crippen molar-refractivity contribution in [3.8, 4) is 17.2 Å². The van der Waals surface area contributed by atoms with Gasteiger partial charge in [-0.1, -0.05) is 121 Å². The van der Waals surface area contributed by atoms with E-state index in [0.29, 0.717) is 5.95 Å². The molecule has 0 aliphatic rings. The van der Waals surface area contributed by atoms with Gasteiger partial charge in [0, 0.05) is 68.8 Å². The van der Waals surface area contributed by atoms with Crippen LogP contribution in [-0.2, 0) is 0 Å². The molecular formula is C48H26N4S. The summed E-state index contributed by atoms with van der Waals surface area (Å²) in [7, 11) is 0. The fourth-order valence-electron chi connectivity index (χ4n) is 9.31. The fourth-order valence-corrected chi connectivity index (χ4v) is 10.5. The predicted molar refractivity (Wildman–Crippen MR) is 224 cm³/mol. The molecule has 0 radical (unpaired) electrons. The molecule has 0 bridgehead atoms. The van der Waals surface area contributed by atoms with Crippen LogP contribution >= 0.6 is 11.3 Å². The lowest BCUT2D eigenvalue weighted by molar-refractivity contribution is 1.02. The Hall–Kier alpha value is -6.82. The van der Waals surface area contributed by atoms with Crippen LogP contribution in [0.4, 0.5) is 0 Å². The number of fused-ring (bicyclic) bond motifs is 12. The van der Waals surface area contributed by atoms with Crippen LogP contribution in [0.5, 0.6) is 0 Å². The third-order valence-electron chi connectivity index (χ3n) is 11.4. The zero-order valence-electron chi connectivity index (χ0n) is 28.2. The number of hydrogen-bond acceptors (Lipinski definition) is 3. The highest BCUT2D eigenvalue weighted by Crippen LogP contribution is 2.49. The monoisotopic (exact) mass is 690 g/mol. The van der Waals surface area contributed by atoms with Crippen molar-refractivity contribution in [2.24, 2.45) is 0 Å². The number of aromatic nitrogens is 4. The maximum absolute atomic E-state index is 5.53. The van der Waals surface area contributed by atoms with Gasteiger partial charge in [-0.2, -0.15) is 0 Å². The largest absolute Gasteiger partial charge is 0.308 e. The van der Waals surface area contributed by atoms with E-state index in [1.54, 1.807) is 0 Å². The topological polar surface area (TPSA) is 35.1 Å². The quantitative estimate of drug-likeness (QED) is 0.169. The van der Waals surface area contributed by atoms with E-state index in [9.17, 15) is 0 Å².